The van der Waals surface area contributed by atoms with Gasteiger partial charge in [-0.15, -0.1) is 0 Å². The van der Waals surface area contributed by atoms with Crippen LogP contribution in [0.15, 0.2) is 107 Å². The Hall–Kier alpha value is -3.85. The number of carbonyl (C=O) groups is 1. The summed E-state index contributed by atoms with van der Waals surface area (Å²) in [6.07, 6.45) is 1.45. The van der Waals surface area contributed by atoms with E-state index in [2.05, 4.69) is 10.5 Å². The molecule has 0 heterocycles. The number of carbonyl (C=O) groups excluding carboxylic acids is 1. The number of halogens is 2. The maximum atomic E-state index is 13.5. The highest BCUT2D eigenvalue weighted by molar-refractivity contribution is 7.92. The number of sulfonamides is 1. The third-order valence-electron chi connectivity index (χ3n) is 5.56. The molecule has 4 aromatic carbocycles. The first-order valence-corrected chi connectivity index (χ1v) is 14.0. The highest BCUT2D eigenvalue weighted by atomic mass is 35.5. The highest BCUT2D eigenvalue weighted by Crippen LogP contribution is 2.29. The number of amides is 1. The van der Waals surface area contributed by atoms with E-state index in [1.165, 1.54) is 36.5 Å². The molecule has 0 unspecified atom stereocenters. The summed E-state index contributed by atoms with van der Waals surface area (Å²) in [6.45, 7) is 1.75. The van der Waals surface area contributed by atoms with Crippen LogP contribution in [-0.2, 0) is 21.4 Å². The molecule has 0 saturated carbocycles. The number of hydrogen-bond acceptors (Lipinski definition) is 5. The van der Waals surface area contributed by atoms with Gasteiger partial charge >= 0.3 is 0 Å². The monoisotopic (exact) mass is 581 g/mol. The second-order valence-electron chi connectivity index (χ2n) is 8.59. The summed E-state index contributed by atoms with van der Waals surface area (Å²) < 4.78 is 33.7. The fourth-order valence-corrected chi connectivity index (χ4v) is 5.49. The lowest BCUT2D eigenvalue weighted by atomic mass is 10.2. The number of ether oxygens (including phenoxy) is 1. The second-order valence-corrected chi connectivity index (χ2v) is 11.3. The van der Waals surface area contributed by atoms with Crippen LogP contribution in [0.4, 0.5) is 5.69 Å². The van der Waals surface area contributed by atoms with Crippen molar-refractivity contribution in [1.29, 1.82) is 0 Å². The summed E-state index contributed by atoms with van der Waals surface area (Å²) in [6, 6.07) is 27.6. The normalized spacial score (nSPS) is 11.4. The van der Waals surface area contributed by atoms with E-state index in [1.54, 1.807) is 36.4 Å². The van der Waals surface area contributed by atoms with E-state index in [0.29, 0.717) is 17.9 Å². The first-order valence-electron chi connectivity index (χ1n) is 11.8. The Morgan fingerprint density at radius 3 is 2.21 bits per heavy atom. The van der Waals surface area contributed by atoms with Crippen LogP contribution in [0.1, 0.15) is 16.7 Å². The highest BCUT2D eigenvalue weighted by Gasteiger charge is 2.27. The Kier molecular flexibility index (Phi) is 9.24. The minimum absolute atomic E-state index is 0.0232. The van der Waals surface area contributed by atoms with Gasteiger partial charge in [-0.2, -0.15) is 5.10 Å². The summed E-state index contributed by atoms with van der Waals surface area (Å²) in [5.41, 5.74) is 5.21. The van der Waals surface area contributed by atoms with E-state index in [1.807, 2.05) is 37.3 Å². The summed E-state index contributed by atoms with van der Waals surface area (Å²) in [7, 11) is -4.12. The maximum absolute atomic E-state index is 13.5. The number of aryl methyl sites for hydroxylation is 1. The zero-order valence-corrected chi connectivity index (χ0v) is 23.2. The maximum Gasteiger partial charge on any atom is 0.264 e. The van der Waals surface area contributed by atoms with Crippen molar-refractivity contribution >= 4 is 51.0 Å². The first-order chi connectivity index (χ1) is 18.7. The van der Waals surface area contributed by atoms with E-state index >= 15 is 0 Å². The van der Waals surface area contributed by atoms with Crippen molar-refractivity contribution in [3.8, 4) is 5.75 Å². The number of nitrogens with zero attached hydrogens (tertiary/aromatic N) is 2. The van der Waals surface area contributed by atoms with Gasteiger partial charge < -0.3 is 4.74 Å². The van der Waals surface area contributed by atoms with Crippen molar-refractivity contribution < 1.29 is 17.9 Å². The zero-order chi connectivity index (χ0) is 27.8. The lowest BCUT2D eigenvalue weighted by molar-refractivity contribution is -0.119. The van der Waals surface area contributed by atoms with Crippen molar-refractivity contribution in [2.24, 2.45) is 5.10 Å². The molecule has 0 aliphatic carbocycles. The van der Waals surface area contributed by atoms with Crippen molar-refractivity contribution in [3.05, 3.63) is 124 Å². The van der Waals surface area contributed by atoms with Gasteiger partial charge in [-0.1, -0.05) is 71.2 Å². The molecule has 0 aliphatic rings. The van der Waals surface area contributed by atoms with Gasteiger partial charge in [0.25, 0.3) is 15.9 Å². The molecule has 0 aliphatic heterocycles. The molecule has 0 saturated heterocycles. The standard InChI is InChI=1S/C29H25Cl2N3O4S/c1-21-7-13-28(14-8-21)39(36,37)34(26-16-24(30)15-25(31)17-26)19-29(35)33-32-18-22-9-11-27(12-10-22)38-20-23-5-3-2-4-6-23/h2-18H,19-20H2,1H3,(H,33,35)/b32-18-. The molecule has 0 bridgehead atoms. The predicted octanol–water partition coefficient (Wildman–Crippen LogP) is 6.23. The topological polar surface area (TPSA) is 88.1 Å². The van der Waals surface area contributed by atoms with Crippen LogP contribution in [-0.4, -0.2) is 27.1 Å². The van der Waals surface area contributed by atoms with Crippen LogP contribution < -0.4 is 14.5 Å². The Balaban J connectivity index is 1.44. The molecule has 0 aromatic heterocycles. The van der Waals surface area contributed by atoms with Gasteiger partial charge in [-0.25, -0.2) is 13.8 Å². The Morgan fingerprint density at radius 2 is 1.56 bits per heavy atom. The molecule has 1 N–H and O–H groups in total. The van der Waals surface area contributed by atoms with Crippen LogP contribution in [0.2, 0.25) is 10.0 Å². The first kappa shape index (κ1) is 28.2. The SMILES string of the molecule is Cc1ccc(S(=O)(=O)N(CC(=O)N/N=C\c2ccc(OCc3ccccc3)cc2)c2cc(Cl)cc(Cl)c2)cc1. The summed E-state index contributed by atoms with van der Waals surface area (Å²) >= 11 is 12.2. The third kappa shape index (κ3) is 7.83. The van der Waals surface area contributed by atoms with Gasteiger partial charge in [0.15, 0.2) is 0 Å². The molecule has 0 atom stereocenters. The van der Waals surface area contributed by atoms with Gasteiger partial charge in [0, 0.05) is 10.0 Å². The zero-order valence-electron chi connectivity index (χ0n) is 20.9. The third-order valence-corrected chi connectivity index (χ3v) is 7.79. The molecule has 0 spiro atoms. The predicted molar refractivity (Wildman–Crippen MR) is 155 cm³/mol. The van der Waals surface area contributed by atoms with Crippen molar-refractivity contribution in [2.45, 2.75) is 18.4 Å². The molecule has 0 fully saturated rings. The number of rotatable bonds is 10. The minimum Gasteiger partial charge on any atom is -0.489 e. The number of hydrogen-bond donors (Lipinski definition) is 1. The van der Waals surface area contributed by atoms with E-state index in [-0.39, 0.29) is 20.6 Å². The number of hydrazone groups is 1. The second kappa shape index (κ2) is 12.8. The molecule has 7 nitrogen and oxygen atoms in total. The van der Waals surface area contributed by atoms with Crippen LogP contribution in [0.5, 0.6) is 5.75 Å². The molecular formula is C29H25Cl2N3O4S. The fraction of sp³-hybridized carbons (Fsp3) is 0.103. The largest absolute Gasteiger partial charge is 0.489 e. The quantitative estimate of drug-likeness (QED) is 0.178. The average molecular weight is 583 g/mol. The lowest BCUT2D eigenvalue weighted by Gasteiger charge is -2.24. The lowest BCUT2D eigenvalue weighted by Crippen LogP contribution is -2.39. The molecule has 39 heavy (non-hydrogen) atoms. The van der Waals surface area contributed by atoms with Crippen LogP contribution in [0.3, 0.4) is 0 Å². The molecule has 10 heteroatoms. The average Bonchev–Trinajstić information content (AvgIpc) is 2.91. The van der Waals surface area contributed by atoms with Gasteiger partial charge in [-0.3, -0.25) is 9.10 Å². The summed E-state index contributed by atoms with van der Waals surface area (Å²) in [5, 5.41) is 4.44. The van der Waals surface area contributed by atoms with Gasteiger partial charge in [0.2, 0.25) is 0 Å². The minimum atomic E-state index is -4.12. The molecule has 200 valence electrons. The number of nitrogens with one attached hydrogen (secondary N) is 1. The number of anilines is 1. The molecular weight excluding hydrogens is 557 g/mol. The van der Waals surface area contributed by atoms with E-state index in [0.717, 1.165) is 15.4 Å². The van der Waals surface area contributed by atoms with Gasteiger partial charge in [0.05, 0.1) is 16.8 Å². The van der Waals surface area contributed by atoms with Crippen LogP contribution >= 0.6 is 23.2 Å². The smallest absolute Gasteiger partial charge is 0.264 e. The van der Waals surface area contributed by atoms with E-state index < -0.39 is 22.5 Å². The Morgan fingerprint density at radius 1 is 0.923 bits per heavy atom. The van der Waals surface area contributed by atoms with E-state index in [9.17, 15) is 13.2 Å². The van der Waals surface area contributed by atoms with E-state index in [4.69, 9.17) is 27.9 Å². The molecule has 4 aromatic rings. The summed E-state index contributed by atoms with van der Waals surface area (Å²) in [4.78, 5) is 12.8. The van der Waals surface area contributed by atoms with Gasteiger partial charge in [-0.05, 0) is 72.6 Å². The summed E-state index contributed by atoms with van der Waals surface area (Å²) in [5.74, 6) is 0.0398. The molecule has 1 amide bonds. The fourth-order valence-electron chi connectivity index (χ4n) is 3.57. The van der Waals surface area contributed by atoms with Crippen LogP contribution in [0, 0.1) is 6.92 Å². The Labute approximate surface area is 237 Å². The molecule has 0 radical (unpaired) electrons. The van der Waals surface area contributed by atoms with Crippen LogP contribution in [0.25, 0.3) is 0 Å². The van der Waals surface area contributed by atoms with Gasteiger partial charge in [0.1, 0.15) is 18.9 Å². The molecule has 4 rings (SSSR count). The number of benzene rings is 4. The van der Waals surface area contributed by atoms with Crippen molar-refractivity contribution in [2.75, 3.05) is 10.8 Å². The van der Waals surface area contributed by atoms with Crippen molar-refractivity contribution in [3.63, 3.8) is 0 Å². The Bertz CT molecular complexity index is 1540. The van der Waals surface area contributed by atoms with Crippen molar-refractivity contribution in [1.82, 2.24) is 5.43 Å².